The van der Waals surface area contributed by atoms with E-state index in [4.69, 9.17) is 0 Å². The molecule has 0 radical (unpaired) electrons. The number of hydrogen-bond donors (Lipinski definition) is 1. The zero-order chi connectivity index (χ0) is 10.4. The van der Waals surface area contributed by atoms with Crippen molar-refractivity contribution in [2.45, 2.75) is 6.92 Å². The van der Waals surface area contributed by atoms with Crippen molar-refractivity contribution in [1.29, 1.82) is 0 Å². The summed E-state index contributed by atoms with van der Waals surface area (Å²) < 4.78 is 0. The quantitative estimate of drug-likeness (QED) is 0.436. The van der Waals surface area contributed by atoms with E-state index in [1.54, 1.807) is 6.08 Å². The van der Waals surface area contributed by atoms with Gasteiger partial charge in [0.25, 0.3) is 0 Å². The van der Waals surface area contributed by atoms with Crippen LogP contribution in [0.5, 0.6) is 0 Å². The van der Waals surface area contributed by atoms with Gasteiger partial charge in [-0.15, -0.1) is 6.58 Å². The predicted molar refractivity (Wildman–Crippen MR) is 58.6 cm³/mol. The summed E-state index contributed by atoms with van der Waals surface area (Å²) in [5.41, 5.74) is 1.88. The minimum atomic E-state index is 0.121. The Morgan fingerprint density at radius 2 is 2.36 bits per heavy atom. The maximum atomic E-state index is 11.6. The van der Waals surface area contributed by atoms with Crippen molar-refractivity contribution in [2.75, 3.05) is 13.1 Å². The molecule has 1 N–H and O–H groups in total. The summed E-state index contributed by atoms with van der Waals surface area (Å²) in [6.45, 7) is 6.59. The largest absolute Gasteiger partial charge is 0.306 e. The van der Waals surface area contributed by atoms with Crippen LogP contribution in [0.3, 0.4) is 0 Å². The highest BCUT2D eigenvalue weighted by molar-refractivity contribution is 5.97. The molecule has 0 aliphatic heterocycles. The van der Waals surface area contributed by atoms with Gasteiger partial charge in [0, 0.05) is 12.1 Å². The molecule has 0 bridgehead atoms. The number of aryl methyl sites for hydroxylation is 1. The minimum Gasteiger partial charge on any atom is -0.306 e. The Morgan fingerprint density at radius 3 is 3.00 bits per heavy atom. The second-order valence-electron chi connectivity index (χ2n) is 3.21. The van der Waals surface area contributed by atoms with Gasteiger partial charge in [-0.1, -0.05) is 29.8 Å². The molecule has 0 saturated heterocycles. The van der Waals surface area contributed by atoms with E-state index in [0.29, 0.717) is 13.1 Å². The second kappa shape index (κ2) is 5.35. The smallest absolute Gasteiger partial charge is 0.176 e. The summed E-state index contributed by atoms with van der Waals surface area (Å²) >= 11 is 0. The predicted octanol–water partition coefficient (Wildman–Crippen LogP) is 1.95. The third-order valence-electron chi connectivity index (χ3n) is 1.91. The summed E-state index contributed by atoms with van der Waals surface area (Å²) in [5, 5.41) is 2.99. The second-order valence-corrected chi connectivity index (χ2v) is 3.21. The number of hydrogen-bond acceptors (Lipinski definition) is 2. The maximum Gasteiger partial charge on any atom is 0.176 e. The molecule has 1 aromatic rings. The van der Waals surface area contributed by atoms with Gasteiger partial charge in [0.15, 0.2) is 5.78 Å². The lowest BCUT2D eigenvalue weighted by Gasteiger charge is -2.02. The molecule has 0 spiro atoms. The number of Topliss-reactive ketones (excluding diaryl/α,β-unsaturated/α-hetero) is 1. The fourth-order valence-electron chi connectivity index (χ4n) is 1.21. The van der Waals surface area contributed by atoms with E-state index >= 15 is 0 Å². The van der Waals surface area contributed by atoms with Gasteiger partial charge in [0.1, 0.15) is 0 Å². The number of benzene rings is 1. The molecule has 2 nitrogen and oxygen atoms in total. The van der Waals surface area contributed by atoms with Gasteiger partial charge in [-0.3, -0.25) is 4.79 Å². The average molecular weight is 189 g/mol. The number of ketones is 1. The minimum absolute atomic E-state index is 0.121. The lowest BCUT2D eigenvalue weighted by atomic mass is 10.1. The monoisotopic (exact) mass is 189 g/mol. The molecule has 1 aromatic carbocycles. The first-order valence-electron chi connectivity index (χ1n) is 4.65. The van der Waals surface area contributed by atoms with Crippen LogP contribution in [0, 0.1) is 6.92 Å². The van der Waals surface area contributed by atoms with Crippen molar-refractivity contribution in [3.05, 3.63) is 48.0 Å². The van der Waals surface area contributed by atoms with Crippen LogP contribution in [0.1, 0.15) is 15.9 Å². The van der Waals surface area contributed by atoms with E-state index in [1.165, 1.54) is 0 Å². The van der Waals surface area contributed by atoms with E-state index < -0.39 is 0 Å². The van der Waals surface area contributed by atoms with E-state index in [9.17, 15) is 4.79 Å². The van der Waals surface area contributed by atoms with E-state index in [2.05, 4.69) is 11.9 Å². The molecule has 0 heterocycles. The van der Waals surface area contributed by atoms with Gasteiger partial charge < -0.3 is 5.32 Å². The molecule has 0 amide bonds. The highest BCUT2D eigenvalue weighted by Crippen LogP contribution is 2.03. The fourth-order valence-corrected chi connectivity index (χ4v) is 1.21. The molecule has 0 saturated carbocycles. The number of carbonyl (C=O) groups is 1. The molecule has 0 unspecified atom stereocenters. The molecule has 0 aliphatic rings. The lowest BCUT2D eigenvalue weighted by Crippen LogP contribution is -2.22. The van der Waals surface area contributed by atoms with Crippen LogP contribution < -0.4 is 5.32 Å². The SMILES string of the molecule is C=CCNCC(=O)c1cccc(C)c1. The molecule has 0 atom stereocenters. The average Bonchev–Trinajstić information content (AvgIpc) is 2.18. The summed E-state index contributed by atoms with van der Waals surface area (Å²) in [5.74, 6) is 0.121. The van der Waals surface area contributed by atoms with Crippen molar-refractivity contribution in [3.63, 3.8) is 0 Å². The molecule has 14 heavy (non-hydrogen) atoms. The zero-order valence-electron chi connectivity index (χ0n) is 8.42. The summed E-state index contributed by atoms with van der Waals surface area (Å²) in [7, 11) is 0. The van der Waals surface area contributed by atoms with Crippen molar-refractivity contribution in [3.8, 4) is 0 Å². The summed E-state index contributed by atoms with van der Waals surface area (Å²) in [4.78, 5) is 11.6. The first-order valence-corrected chi connectivity index (χ1v) is 4.65. The maximum absolute atomic E-state index is 11.6. The molecule has 2 heteroatoms. The third kappa shape index (κ3) is 3.15. The van der Waals surface area contributed by atoms with Crippen molar-refractivity contribution < 1.29 is 4.79 Å². The Morgan fingerprint density at radius 1 is 1.57 bits per heavy atom. The van der Waals surface area contributed by atoms with Gasteiger partial charge in [0.05, 0.1) is 6.54 Å². The first kappa shape index (κ1) is 10.7. The van der Waals surface area contributed by atoms with Crippen LogP contribution in [0.2, 0.25) is 0 Å². The Labute approximate surface area is 84.6 Å². The molecular formula is C12H15NO. The normalized spacial score (nSPS) is 9.79. The Bertz CT molecular complexity index is 331. The van der Waals surface area contributed by atoms with Gasteiger partial charge in [-0.05, 0) is 13.0 Å². The van der Waals surface area contributed by atoms with Crippen LogP contribution in [-0.4, -0.2) is 18.9 Å². The van der Waals surface area contributed by atoms with Crippen LogP contribution in [0.4, 0.5) is 0 Å². The topological polar surface area (TPSA) is 29.1 Å². The molecule has 0 fully saturated rings. The molecule has 0 aliphatic carbocycles. The standard InChI is InChI=1S/C12H15NO/c1-3-7-13-9-12(14)11-6-4-5-10(2)8-11/h3-6,8,13H,1,7,9H2,2H3. The first-order chi connectivity index (χ1) is 6.74. The highest BCUT2D eigenvalue weighted by Gasteiger charge is 2.03. The van der Waals surface area contributed by atoms with Crippen LogP contribution in [0.25, 0.3) is 0 Å². The number of rotatable bonds is 5. The van der Waals surface area contributed by atoms with Gasteiger partial charge >= 0.3 is 0 Å². The van der Waals surface area contributed by atoms with Crippen LogP contribution in [-0.2, 0) is 0 Å². The number of carbonyl (C=O) groups excluding carboxylic acids is 1. The summed E-state index contributed by atoms with van der Waals surface area (Å²) in [6, 6.07) is 7.62. The molecule has 74 valence electrons. The Kier molecular flexibility index (Phi) is 4.08. The van der Waals surface area contributed by atoms with Gasteiger partial charge in [-0.2, -0.15) is 0 Å². The fraction of sp³-hybridized carbons (Fsp3) is 0.250. The molecule has 0 aromatic heterocycles. The Balaban J connectivity index is 2.56. The van der Waals surface area contributed by atoms with E-state index in [1.807, 2.05) is 31.2 Å². The summed E-state index contributed by atoms with van der Waals surface area (Å²) in [6.07, 6.45) is 1.74. The lowest BCUT2D eigenvalue weighted by molar-refractivity contribution is 0.0992. The van der Waals surface area contributed by atoms with Crippen LogP contribution in [0.15, 0.2) is 36.9 Å². The van der Waals surface area contributed by atoms with Gasteiger partial charge in [-0.25, -0.2) is 0 Å². The third-order valence-corrected chi connectivity index (χ3v) is 1.91. The molecule has 1 rings (SSSR count). The highest BCUT2D eigenvalue weighted by atomic mass is 16.1. The molecular weight excluding hydrogens is 174 g/mol. The van der Waals surface area contributed by atoms with Gasteiger partial charge in [0.2, 0.25) is 0 Å². The Hall–Kier alpha value is -1.41. The zero-order valence-corrected chi connectivity index (χ0v) is 8.42. The van der Waals surface area contributed by atoms with Crippen molar-refractivity contribution in [2.24, 2.45) is 0 Å². The van der Waals surface area contributed by atoms with Crippen molar-refractivity contribution in [1.82, 2.24) is 5.32 Å². The van der Waals surface area contributed by atoms with Crippen molar-refractivity contribution >= 4 is 5.78 Å². The van der Waals surface area contributed by atoms with Crippen LogP contribution >= 0.6 is 0 Å². The number of nitrogens with one attached hydrogen (secondary N) is 1. The van der Waals surface area contributed by atoms with E-state index in [-0.39, 0.29) is 5.78 Å². The van der Waals surface area contributed by atoms with E-state index in [0.717, 1.165) is 11.1 Å².